The molecule has 1 amide bonds. The first-order valence-electron chi connectivity index (χ1n) is 22.8. The van der Waals surface area contributed by atoms with Gasteiger partial charge in [0.15, 0.2) is 0 Å². The number of nitrogens with two attached hydrogens (primary N) is 2. The highest BCUT2D eigenvalue weighted by Crippen LogP contribution is 2.30. The van der Waals surface area contributed by atoms with Crippen LogP contribution in [0.4, 0.5) is 22.0 Å². The van der Waals surface area contributed by atoms with Crippen LogP contribution in [0.25, 0.3) is 32.3 Å². The number of carboxylic acid groups (broad SMARTS) is 1. The van der Waals surface area contributed by atoms with Crippen LogP contribution in [-0.4, -0.2) is 41.1 Å². The van der Waals surface area contributed by atoms with Gasteiger partial charge in [0.05, 0.1) is 0 Å². The molecule has 0 aliphatic rings. The fourth-order valence-electron chi connectivity index (χ4n) is 7.59. The van der Waals surface area contributed by atoms with Crippen molar-refractivity contribution in [3.05, 3.63) is 173 Å². The van der Waals surface area contributed by atoms with Gasteiger partial charge >= 0.3 is 11.9 Å². The van der Waals surface area contributed by atoms with Crippen LogP contribution in [0.15, 0.2) is 127 Å². The van der Waals surface area contributed by atoms with Gasteiger partial charge in [0.1, 0.15) is 12.1 Å². The molecule has 358 valence electrons. The van der Waals surface area contributed by atoms with Crippen molar-refractivity contribution in [3.63, 3.8) is 0 Å². The van der Waals surface area contributed by atoms with Crippen LogP contribution in [0, 0.1) is 29.1 Å². The number of esters is 1. The summed E-state index contributed by atoms with van der Waals surface area (Å²) >= 11 is 0. The fourth-order valence-corrected chi connectivity index (χ4v) is 7.59. The Morgan fingerprint density at radius 1 is 0.544 bits per heavy atom. The van der Waals surface area contributed by atoms with Crippen molar-refractivity contribution >= 4 is 50.2 Å². The lowest BCUT2D eigenvalue weighted by atomic mass is 10.0. The number of halogens is 5. The third-order valence-electron chi connectivity index (χ3n) is 11.2. The number of hydrogen-bond donors (Lipinski definition) is 4. The number of unbranched alkanes of at least 4 members (excludes halogenated alkanes) is 6. The van der Waals surface area contributed by atoms with Crippen molar-refractivity contribution in [1.82, 2.24) is 5.32 Å². The van der Waals surface area contributed by atoms with Crippen molar-refractivity contribution in [2.75, 3.05) is 0 Å². The van der Waals surface area contributed by atoms with Gasteiger partial charge in [0.25, 0.3) is 0 Å². The van der Waals surface area contributed by atoms with E-state index in [-0.39, 0.29) is 18.9 Å². The number of fused-ring (bicyclic) bond motifs is 3. The minimum Gasteiger partial charge on any atom is -0.480 e. The first-order valence-corrected chi connectivity index (χ1v) is 22.8. The molecule has 0 saturated carbocycles. The largest absolute Gasteiger partial charge is 0.480 e. The summed E-state index contributed by atoms with van der Waals surface area (Å²) in [5.41, 5.74) is 14.1. The zero-order valence-electron chi connectivity index (χ0n) is 38.3. The molecule has 0 fully saturated rings. The monoisotopic (exact) mass is 935 g/mol. The Hall–Kier alpha value is -6.70. The van der Waals surface area contributed by atoms with Crippen LogP contribution in [0.3, 0.4) is 0 Å². The standard InChI is InChI=1S/C29H30F5NO3.C13H13NO2.C13H15N/c1-2-3-4-5-6-7-8-13-22(36)35-21(17-18-14-15-19-11-9-10-12-20(19)16-18)29(37)38-28-26(33)24(31)23(30)25(32)27(28)34;14-12(13(15)16)8-9-5-6-10-3-1-2-4-11(10)7-9;1-10(14)8-11-6-7-12-4-2-3-5-13(12)9-11/h9-12,14-16,21H,2-8,13,17H2,1H3,(H,35,36);1-7,12H,8,14H2,(H,15,16);2-7,9-10H,8,14H2,1H3. The van der Waals surface area contributed by atoms with Crippen molar-refractivity contribution < 1.29 is 46.2 Å². The van der Waals surface area contributed by atoms with E-state index in [9.17, 15) is 36.3 Å². The van der Waals surface area contributed by atoms with E-state index in [1.807, 2.05) is 73.7 Å². The molecular weight excluding hydrogens is 878 g/mol. The van der Waals surface area contributed by atoms with E-state index < -0.39 is 64.8 Å². The van der Waals surface area contributed by atoms with Gasteiger partial charge in [-0.1, -0.05) is 173 Å². The number of hydrogen-bond acceptors (Lipinski definition) is 6. The molecule has 7 aromatic carbocycles. The normalized spacial score (nSPS) is 12.3. The van der Waals surface area contributed by atoms with E-state index in [0.29, 0.717) is 18.4 Å². The summed E-state index contributed by atoms with van der Waals surface area (Å²) in [4.78, 5) is 36.1. The van der Waals surface area contributed by atoms with E-state index in [4.69, 9.17) is 16.6 Å². The quantitative estimate of drug-likeness (QED) is 0.0167. The maximum absolute atomic E-state index is 14.1. The molecule has 0 aromatic heterocycles. The Kier molecular flexibility index (Phi) is 20.0. The zero-order chi connectivity index (χ0) is 49.2. The number of rotatable bonds is 18. The molecule has 0 aliphatic carbocycles. The summed E-state index contributed by atoms with van der Waals surface area (Å²) in [6.45, 7) is 4.16. The van der Waals surface area contributed by atoms with E-state index in [1.54, 1.807) is 18.2 Å². The maximum Gasteiger partial charge on any atom is 0.334 e. The molecule has 3 atom stereocenters. The minimum absolute atomic E-state index is 0.109. The summed E-state index contributed by atoms with van der Waals surface area (Å²) < 4.78 is 73.5. The molecule has 0 heterocycles. The Morgan fingerprint density at radius 2 is 0.941 bits per heavy atom. The summed E-state index contributed by atoms with van der Waals surface area (Å²) in [6, 6.07) is 39.5. The number of aliphatic carboxylic acids is 1. The molecule has 6 N–H and O–H groups in total. The van der Waals surface area contributed by atoms with Gasteiger partial charge < -0.3 is 26.6 Å². The number of ether oxygens (including phenoxy) is 1. The van der Waals surface area contributed by atoms with Gasteiger partial charge in [-0.25, -0.2) is 18.0 Å². The van der Waals surface area contributed by atoms with Crippen LogP contribution in [0.5, 0.6) is 5.75 Å². The van der Waals surface area contributed by atoms with Crippen molar-refractivity contribution in [1.29, 1.82) is 0 Å². The molecular formula is C55H58F5N3O5. The second-order valence-corrected chi connectivity index (χ2v) is 16.9. The molecule has 0 radical (unpaired) electrons. The molecule has 68 heavy (non-hydrogen) atoms. The summed E-state index contributed by atoms with van der Waals surface area (Å²) in [7, 11) is 0. The van der Waals surface area contributed by atoms with E-state index >= 15 is 0 Å². The lowest BCUT2D eigenvalue weighted by Crippen LogP contribution is -2.44. The van der Waals surface area contributed by atoms with Crippen molar-refractivity contribution in [3.8, 4) is 5.75 Å². The van der Waals surface area contributed by atoms with Gasteiger partial charge in [-0.2, -0.15) is 8.78 Å². The molecule has 0 aliphatic heterocycles. The van der Waals surface area contributed by atoms with E-state index in [2.05, 4.69) is 59.4 Å². The molecule has 0 saturated heterocycles. The minimum atomic E-state index is -2.37. The van der Waals surface area contributed by atoms with Gasteiger partial charge in [0.2, 0.25) is 40.7 Å². The smallest absolute Gasteiger partial charge is 0.334 e. The van der Waals surface area contributed by atoms with Gasteiger partial charge in [-0.05, 0) is 75.2 Å². The Labute approximate surface area is 393 Å². The van der Waals surface area contributed by atoms with Crippen molar-refractivity contribution in [2.45, 2.75) is 103 Å². The first kappa shape index (κ1) is 52.3. The summed E-state index contributed by atoms with van der Waals surface area (Å²) in [5.74, 6) is -15.9. The number of amides is 1. The number of carboxylic acids is 1. The van der Waals surface area contributed by atoms with Gasteiger partial charge in [-0.3, -0.25) is 9.59 Å². The number of benzene rings is 7. The highest BCUT2D eigenvalue weighted by atomic mass is 19.2. The zero-order valence-corrected chi connectivity index (χ0v) is 38.3. The highest BCUT2D eigenvalue weighted by molar-refractivity contribution is 5.87. The molecule has 0 bridgehead atoms. The Bertz CT molecular complexity index is 2770. The van der Waals surface area contributed by atoms with Gasteiger partial charge in [0, 0.05) is 18.9 Å². The molecule has 0 spiro atoms. The van der Waals surface area contributed by atoms with Gasteiger partial charge in [-0.15, -0.1) is 0 Å². The fraction of sp³-hybridized carbons (Fsp3) is 0.291. The first-order chi connectivity index (χ1) is 32.6. The number of carbonyl (C=O) groups is 3. The lowest BCUT2D eigenvalue weighted by Gasteiger charge is -2.19. The molecule has 13 heteroatoms. The molecule has 3 unspecified atom stereocenters. The predicted molar refractivity (Wildman–Crippen MR) is 259 cm³/mol. The predicted octanol–water partition coefficient (Wildman–Crippen LogP) is 11.8. The van der Waals surface area contributed by atoms with Crippen LogP contribution in [0.1, 0.15) is 81.9 Å². The second-order valence-electron chi connectivity index (χ2n) is 16.9. The summed E-state index contributed by atoms with van der Waals surface area (Å²) in [5, 5.41) is 17.9. The number of nitrogens with one attached hydrogen (secondary N) is 1. The number of carbonyl (C=O) groups excluding carboxylic acids is 2. The maximum atomic E-state index is 14.1. The van der Waals surface area contributed by atoms with Crippen LogP contribution in [0.2, 0.25) is 0 Å². The molecule has 8 nitrogen and oxygen atoms in total. The molecule has 7 rings (SSSR count). The Morgan fingerprint density at radius 3 is 1.38 bits per heavy atom. The third kappa shape index (κ3) is 15.4. The molecule has 7 aromatic rings. The van der Waals surface area contributed by atoms with E-state index in [0.717, 1.165) is 72.1 Å². The van der Waals surface area contributed by atoms with Crippen LogP contribution in [-0.2, 0) is 33.6 Å². The Balaban J connectivity index is 0.000000233. The SMILES string of the molecule is CC(N)Cc1ccc2ccccc2c1.CCCCCCCCCC(=O)NC(Cc1ccc2ccccc2c1)C(=O)Oc1c(F)c(F)c(F)c(F)c1F.NC(Cc1ccc2ccccc2c1)C(=O)O. The van der Waals surface area contributed by atoms with E-state index in [1.165, 1.54) is 16.3 Å². The topological polar surface area (TPSA) is 145 Å². The highest BCUT2D eigenvalue weighted by Gasteiger charge is 2.31. The van der Waals surface area contributed by atoms with Crippen molar-refractivity contribution in [2.24, 2.45) is 11.5 Å². The summed E-state index contributed by atoms with van der Waals surface area (Å²) in [6.07, 6.45) is 8.13. The van der Waals surface area contributed by atoms with Crippen LogP contribution < -0.4 is 21.5 Å². The average molecular weight is 936 g/mol. The third-order valence-corrected chi connectivity index (χ3v) is 11.2. The lowest BCUT2D eigenvalue weighted by molar-refractivity contribution is -0.140. The van der Waals surface area contributed by atoms with Crippen LogP contribution >= 0.6 is 0 Å². The average Bonchev–Trinajstić information content (AvgIpc) is 3.33. The second kappa shape index (κ2) is 26.0.